The molecular weight excluding hydrogens is 222 g/mol. The monoisotopic (exact) mass is 237 g/mol. The van der Waals surface area contributed by atoms with Gasteiger partial charge in [-0.2, -0.15) is 0 Å². The molecule has 1 amide bonds. The molecule has 2 nitrogen and oxygen atoms in total. The number of nitrogens with two attached hydrogens (primary N) is 1. The van der Waals surface area contributed by atoms with Crippen LogP contribution in [0.5, 0.6) is 0 Å². The van der Waals surface area contributed by atoms with Crippen LogP contribution in [0, 0.1) is 0 Å². The normalized spacial score (nSPS) is 16.2. The van der Waals surface area contributed by atoms with Gasteiger partial charge in [0.1, 0.15) is 0 Å². The Balaban J connectivity index is 2.35. The summed E-state index contributed by atoms with van der Waals surface area (Å²) in [5, 5.41) is 0. The van der Waals surface area contributed by atoms with Crippen LogP contribution < -0.4 is 5.73 Å². The summed E-state index contributed by atoms with van der Waals surface area (Å²) < 4.78 is 0. The third kappa shape index (κ3) is 1.39. The number of hydrogen-bond donors (Lipinski definition) is 1. The topological polar surface area (TPSA) is 43.1 Å². The zero-order valence-electron chi connectivity index (χ0n) is 10.3. The van der Waals surface area contributed by atoms with E-state index in [0.717, 1.165) is 28.7 Å². The summed E-state index contributed by atoms with van der Waals surface area (Å²) in [6, 6.07) is 14.3. The highest BCUT2D eigenvalue weighted by atomic mass is 16.1. The number of rotatable bonds is 2. The van der Waals surface area contributed by atoms with E-state index >= 15 is 0 Å². The lowest BCUT2D eigenvalue weighted by atomic mass is 9.91. The molecule has 0 saturated heterocycles. The van der Waals surface area contributed by atoms with E-state index < -0.39 is 0 Å². The first-order chi connectivity index (χ1) is 8.74. The van der Waals surface area contributed by atoms with Gasteiger partial charge in [-0.25, -0.2) is 0 Å². The number of carbonyl (C=O) groups is 1. The minimum Gasteiger partial charge on any atom is -0.369 e. The maximum absolute atomic E-state index is 11.8. The quantitative estimate of drug-likeness (QED) is 0.857. The molecule has 2 N–H and O–H groups in total. The molecule has 0 bridgehead atoms. The Morgan fingerprint density at radius 1 is 1.11 bits per heavy atom. The molecule has 3 rings (SSSR count). The van der Waals surface area contributed by atoms with Gasteiger partial charge < -0.3 is 5.73 Å². The van der Waals surface area contributed by atoms with Crippen molar-refractivity contribution in [3.8, 4) is 11.1 Å². The molecule has 90 valence electrons. The van der Waals surface area contributed by atoms with Crippen molar-refractivity contribution in [3.05, 3.63) is 59.2 Å². The summed E-state index contributed by atoms with van der Waals surface area (Å²) in [6.45, 7) is 2.11. The van der Waals surface area contributed by atoms with Crippen molar-refractivity contribution >= 4 is 5.91 Å². The lowest BCUT2D eigenvalue weighted by Crippen LogP contribution is -2.21. The smallest absolute Gasteiger partial charge is 0.229 e. The second kappa shape index (κ2) is 3.98. The van der Waals surface area contributed by atoms with Crippen LogP contribution in [0.3, 0.4) is 0 Å². The SMILES string of the molecule is CCc1cccc2c1C(C(N)=O)c1ccccc1-2. The van der Waals surface area contributed by atoms with E-state index in [4.69, 9.17) is 5.73 Å². The van der Waals surface area contributed by atoms with Crippen molar-refractivity contribution in [3.63, 3.8) is 0 Å². The van der Waals surface area contributed by atoms with Gasteiger partial charge in [0.15, 0.2) is 0 Å². The molecule has 2 heteroatoms. The Hall–Kier alpha value is -2.09. The van der Waals surface area contributed by atoms with E-state index in [1.807, 2.05) is 18.2 Å². The highest BCUT2D eigenvalue weighted by molar-refractivity contribution is 5.96. The van der Waals surface area contributed by atoms with Crippen molar-refractivity contribution < 1.29 is 4.79 Å². The predicted molar refractivity (Wildman–Crippen MR) is 72.3 cm³/mol. The van der Waals surface area contributed by atoms with Gasteiger partial charge in [0.2, 0.25) is 5.91 Å². The number of amides is 1. The molecule has 18 heavy (non-hydrogen) atoms. The van der Waals surface area contributed by atoms with Crippen LogP contribution in [-0.4, -0.2) is 5.91 Å². The fraction of sp³-hybridized carbons (Fsp3) is 0.188. The summed E-state index contributed by atoms with van der Waals surface area (Å²) >= 11 is 0. The molecule has 2 aromatic carbocycles. The van der Waals surface area contributed by atoms with E-state index in [1.54, 1.807) is 0 Å². The molecule has 0 heterocycles. The van der Waals surface area contributed by atoms with Gasteiger partial charge in [0.05, 0.1) is 5.92 Å². The van der Waals surface area contributed by atoms with Crippen LogP contribution in [0.15, 0.2) is 42.5 Å². The van der Waals surface area contributed by atoms with Crippen molar-refractivity contribution in [2.24, 2.45) is 5.73 Å². The van der Waals surface area contributed by atoms with Crippen molar-refractivity contribution in [1.29, 1.82) is 0 Å². The molecular formula is C16H15NO. The Morgan fingerprint density at radius 2 is 1.83 bits per heavy atom. The summed E-state index contributed by atoms with van der Waals surface area (Å²) in [5.74, 6) is -0.547. The molecule has 0 fully saturated rings. The Kier molecular flexibility index (Phi) is 2.44. The molecule has 1 unspecified atom stereocenters. The molecule has 1 atom stereocenters. The highest BCUT2D eigenvalue weighted by Gasteiger charge is 2.33. The standard InChI is InChI=1S/C16H15NO/c1-2-10-6-5-9-12-11-7-3-4-8-13(11)15(14(10)12)16(17)18/h3-9,15H,2H2,1H3,(H2,17,18). The maximum Gasteiger partial charge on any atom is 0.229 e. The molecule has 0 saturated carbocycles. The van der Waals surface area contributed by atoms with E-state index in [2.05, 4.69) is 31.2 Å². The van der Waals surface area contributed by atoms with Crippen LogP contribution in [-0.2, 0) is 11.2 Å². The first-order valence-corrected chi connectivity index (χ1v) is 6.24. The van der Waals surface area contributed by atoms with E-state index in [9.17, 15) is 4.79 Å². The molecule has 1 aliphatic carbocycles. The molecule has 2 aromatic rings. The Morgan fingerprint density at radius 3 is 2.56 bits per heavy atom. The predicted octanol–water partition coefficient (Wildman–Crippen LogP) is 2.85. The van der Waals surface area contributed by atoms with E-state index in [0.29, 0.717) is 0 Å². The van der Waals surface area contributed by atoms with Gasteiger partial charge in [-0.05, 0) is 34.2 Å². The molecule has 0 radical (unpaired) electrons. The first-order valence-electron chi connectivity index (χ1n) is 6.24. The molecule has 0 spiro atoms. The second-order valence-corrected chi connectivity index (χ2v) is 4.65. The zero-order chi connectivity index (χ0) is 12.7. The first kappa shape index (κ1) is 11.0. The third-order valence-electron chi connectivity index (χ3n) is 3.71. The summed E-state index contributed by atoms with van der Waals surface area (Å²) in [7, 11) is 0. The number of benzene rings is 2. The zero-order valence-corrected chi connectivity index (χ0v) is 10.3. The van der Waals surface area contributed by atoms with Gasteiger partial charge in [-0.15, -0.1) is 0 Å². The molecule has 0 aromatic heterocycles. The minimum absolute atomic E-state index is 0.262. The van der Waals surface area contributed by atoms with Crippen molar-refractivity contribution in [1.82, 2.24) is 0 Å². The van der Waals surface area contributed by atoms with Crippen molar-refractivity contribution in [2.75, 3.05) is 0 Å². The largest absolute Gasteiger partial charge is 0.369 e. The number of primary amides is 1. The van der Waals surface area contributed by atoms with Gasteiger partial charge in [-0.3, -0.25) is 4.79 Å². The fourth-order valence-electron chi connectivity index (χ4n) is 2.94. The average molecular weight is 237 g/mol. The second-order valence-electron chi connectivity index (χ2n) is 4.65. The van der Waals surface area contributed by atoms with Crippen LogP contribution in [0.2, 0.25) is 0 Å². The lowest BCUT2D eigenvalue weighted by molar-refractivity contribution is -0.118. The number of aryl methyl sites for hydroxylation is 1. The lowest BCUT2D eigenvalue weighted by Gasteiger charge is -2.12. The Bertz CT molecular complexity index is 631. The van der Waals surface area contributed by atoms with Crippen LogP contribution >= 0.6 is 0 Å². The van der Waals surface area contributed by atoms with Gasteiger partial charge >= 0.3 is 0 Å². The van der Waals surface area contributed by atoms with Gasteiger partial charge in [0.25, 0.3) is 0 Å². The minimum atomic E-state index is -0.285. The van der Waals surface area contributed by atoms with Crippen molar-refractivity contribution in [2.45, 2.75) is 19.3 Å². The maximum atomic E-state index is 11.8. The number of carbonyl (C=O) groups excluding carboxylic acids is 1. The van der Waals surface area contributed by atoms with E-state index in [-0.39, 0.29) is 11.8 Å². The summed E-state index contributed by atoms with van der Waals surface area (Å²) in [4.78, 5) is 11.8. The average Bonchev–Trinajstić information content (AvgIpc) is 2.73. The summed E-state index contributed by atoms with van der Waals surface area (Å²) in [5.41, 5.74) is 11.3. The van der Waals surface area contributed by atoms with Gasteiger partial charge in [0, 0.05) is 0 Å². The molecule has 1 aliphatic rings. The van der Waals surface area contributed by atoms with E-state index in [1.165, 1.54) is 5.56 Å². The number of hydrogen-bond acceptors (Lipinski definition) is 1. The van der Waals surface area contributed by atoms with Crippen LogP contribution in [0.25, 0.3) is 11.1 Å². The summed E-state index contributed by atoms with van der Waals surface area (Å²) in [6.07, 6.45) is 0.918. The van der Waals surface area contributed by atoms with Crippen LogP contribution in [0.4, 0.5) is 0 Å². The highest BCUT2D eigenvalue weighted by Crippen LogP contribution is 2.46. The number of fused-ring (bicyclic) bond motifs is 3. The third-order valence-corrected chi connectivity index (χ3v) is 3.71. The molecule has 0 aliphatic heterocycles. The van der Waals surface area contributed by atoms with Gasteiger partial charge in [-0.1, -0.05) is 49.4 Å². The Labute approximate surface area is 106 Å². The van der Waals surface area contributed by atoms with Crippen LogP contribution in [0.1, 0.15) is 29.5 Å². The fourth-order valence-corrected chi connectivity index (χ4v) is 2.94.